The molecule has 0 aromatic heterocycles. The summed E-state index contributed by atoms with van der Waals surface area (Å²) in [5, 5.41) is 14.3. The average molecular weight is 506 g/mol. The molecule has 1 fully saturated rings. The maximum absolute atomic E-state index is 13.4. The van der Waals surface area contributed by atoms with E-state index in [-0.39, 0.29) is 29.0 Å². The number of nitrogens with zero attached hydrogens (tertiary/aromatic N) is 2. The number of sulfonamides is 1. The number of methoxy groups -OCH3 is 1. The minimum absolute atomic E-state index is 0.0601. The van der Waals surface area contributed by atoms with Crippen molar-refractivity contribution in [3.63, 3.8) is 0 Å². The van der Waals surface area contributed by atoms with Gasteiger partial charge < -0.3 is 14.8 Å². The van der Waals surface area contributed by atoms with Gasteiger partial charge >= 0.3 is 0 Å². The van der Waals surface area contributed by atoms with Gasteiger partial charge in [0.25, 0.3) is 5.69 Å². The standard InChI is InChI=1S/C24H31N3O7S/c1-4-20(26(35(3,31)32)21-16-19(27(29)30)10-11-22(21)33-2)23(28)25-17-24(12-14-34-15-13-24)18-8-6-5-7-9-18/h5-11,16,20H,4,12-15,17H2,1-3H3,(H,25,28)/t20-/m0/s1. The zero-order valence-electron chi connectivity index (χ0n) is 20.1. The molecule has 0 spiro atoms. The van der Waals surface area contributed by atoms with Crippen LogP contribution in [-0.4, -0.2) is 58.4 Å². The predicted octanol–water partition coefficient (Wildman–Crippen LogP) is 3.01. The van der Waals surface area contributed by atoms with Crippen molar-refractivity contribution in [2.75, 3.05) is 37.4 Å². The second kappa shape index (κ2) is 11.0. The van der Waals surface area contributed by atoms with E-state index in [0.717, 1.165) is 22.2 Å². The average Bonchev–Trinajstić information content (AvgIpc) is 2.85. The van der Waals surface area contributed by atoms with E-state index in [9.17, 15) is 23.3 Å². The lowest BCUT2D eigenvalue weighted by atomic mass is 9.74. The molecule has 10 nitrogen and oxygen atoms in total. The van der Waals surface area contributed by atoms with Crippen molar-refractivity contribution in [1.82, 2.24) is 5.32 Å². The molecule has 0 aliphatic carbocycles. The third-order valence-corrected chi connectivity index (χ3v) is 7.54. The van der Waals surface area contributed by atoms with Crippen molar-refractivity contribution in [2.24, 2.45) is 0 Å². The molecule has 1 atom stereocenters. The molecule has 2 aromatic rings. The summed E-state index contributed by atoms with van der Waals surface area (Å²) in [5.41, 5.74) is 0.369. The second-order valence-corrected chi connectivity index (χ2v) is 10.4. The molecule has 11 heteroatoms. The van der Waals surface area contributed by atoms with Crippen LogP contribution in [0.4, 0.5) is 11.4 Å². The maximum atomic E-state index is 13.4. The molecule has 35 heavy (non-hydrogen) atoms. The SMILES string of the molecule is CC[C@@H](C(=O)NCC1(c2ccccc2)CCOCC1)N(c1cc([N+](=O)[O-])ccc1OC)S(C)(=O)=O. The number of hydrogen-bond donors (Lipinski definition) is 1. The normalized spacial score (nSPS) is 16.2. The molecule has 0 unspecified atom stereocenters. The fourth-order valence-electron chi connectivity index (χ4n) is 4.50. The molecule has 0 bridgehead atoms. The summed E-state index contributed by atoms with van der Waals surface area (Å²) in [6.45, 7) is 3.11. The van der Waals surface area contributed by atoms with Crippen LogP contribution in [-0.2, 0) is 25.0 Å². The second-order valence-electron chi connectivity index (χ2n) is 8.57. The van der Waals surface area contributed by atoms with Crippen molar-refractivity contribution in [3.8, 4) is 5.75 Å². The predicted molar refractivity (Wildman–Crippen MR) is 132 cm³/mol. The van der Waals surface area contributed by atoms with Crippen LogP contribution in [0.3, 0.4) is 0 Å². The molecule has 1 amide bonds. The molecule has 3 rings (SSSR count). The number of non-ortho nitro benzene ring substituents is 1. The van der Waals surface area contributed by atoms with Crippen LogP contribution in [0.25, 0.3) is 0 Å². The first-order valence-electron chi connectivity index (χ1n) is 11.4. The quantitative estimate of drug-likeness (QED) is 0.388. The van der Waals surface area contributed by atoms with Crippen LogP contribution in [0.5, 0.6) is 5.75 Å². The summed E-state index contributed by atoms with van der Waals surface area (Å²) < 4.78 is 37.5. The fourth-order valence-corrected chi connectivity index (χ4v) is 5.70. The highest BCUT2D eigenvalue weighted by molar-refractivity contribution is 7.92. The van der Waals surface area contributed by atoms with E-state index >= 15 is 0 Å². The van der Waals surface area contributed by atoms with Gasteiger partial charge in [0.2, 0.25) is 15.9 Å². The van der Waals surface area contributed by atoms with Crippen molar-refractivity contribution in [1.29, 1.82) is 0 Å². The van der Waals surface area contributed by atoms with E-state index in [1.165, 1.54) is 19.2 Å². The maximum Gasteiger partial charge on any atom is 0.271 e. The first kappa shape index (κ1) is 26.4. The number of nitrogens with one attached hydrogen (secondary N) is 1. The minimum Gasteiger partial charge on any atom is -0.495 e. The number of amides is 1. The lowest BCUT2D eigenvalue weighted by molar-refractivity contribution is -0.384. The van der Waals surface area contributed by atoms with Gasteiger partial charge in [-0.25, -0.2) is 8.42 Å². The molecule has 0 saturated carbocycles. The van der Waals surface area contributed by atoms with E-state index in [4.69, 9.17) is 9.47 Å². The smallest absolute Gasteiger partial charge is 0.271 e. The van der Waals surface area contributed by atoms with Gasteiger partial charge in [0.15, 0.2) is 0 Å². The number of benzene rings is 2. The Morgan fingerprint density at radius 3 is 2.43 bits per heavy atom. The molecular weight excluding hydrogens is 474 g/mol. The van der Waals surface area contributed by atoms with E-state index in [0.29, 0.717) is 32.6 Å². The van der Waals surface area contributed by atoms with Crippen LogP contribution >= 0.6 is 0 Å². The van der Waals surface area contributed by atoms with Gasteiger partial charge in [0, 0.05) is 37.3 Å². The number of anilines is 1. The largest absolute Gasteiger partial charge is 0.495 e. The number of hydrogen-bond acceptors (Lipinski definition) is 7. The van der Waals surface area contributed by atoms with E-state index in [2.05, 4.69) is 5.32 Å². The van der Waals surface area contributed by atoms with Gasteiger partial charge in [-0.2, -0.15) is 0 Å². The minimum atomic E-state index is -4.01. The summed E-state index contributed by atoms with van der Waals surface area (Å²) in [4.78, 5) is 24.2. The van der Waals surface area contributed by atoms with E-state index in [1.807, 2.05) is 30.3 Å². The fraction of sp³-hybridized carbons (Fsp3) is 0.458. The highest BCUT2D eigenvalue weighted by Crippen LogP contribution is 2.37. The molecule has 1 N–H and O–H groups in total. The van der Waals surface area contributed by atoms with E-state index in [1.54, 1.807) is 6.92 Å². The Morgan fingerprint density at radius 1 is 1.23 bits per heavy atom. The topological polar surface area (TPSA) is 128 Å². The highest BCUT2D eigenvalue weighted by atomic mass is 32.2. The van der Waals surface area contributed by atoms with Gasteiger partial charge in [-0.05, 0) is 30.9 Å². The molecule has 1 aliphatic rings. The van der Waals surface area contributed by atoms with Gasteiger partial charge in [-0.3, -0.25) is 19.2 Å². The zero-order valence-corrected chi connectivity index (χ0v) is 20.9. The molecule has 1 heterocycles. The lowest BCUT2D eigenvalue weighted by Crippen LogP contribution is -2.52. The molecule has 0 radical (unpaired) electrons. The first-order chi connectivity index (χ1) is 16.6. The first-order valence-corrected chi connectivity index (χ1v) is 13.2. The third-order valence-electron chi connectivity index (χ3n) is 6.38. The Kier molecular flexibility index (Phi) is 8.34. The molecule has 2 aromatic carbocycles. The number of ether oxygens (including phenoxy) is 2. The Labute approximate surface area is 205 Å². The number of carbonyl (C=O) groups excluding carboxylic acids is 1. The molecular formula is C24H31N3O7S. The van der Waals surface area contributed by atoms with Crippen LogP contribution in [0.1, 0.15) is 31.7 Å². The summed E-state index contributed by atoms with van der Waals surface area (Å²) in [6, 6.07) is 12.4. The van der Waals surface area contributed by atoms with Gasteiger partial charge in [-0.15, -0.1) is 0 Å². The van der Waals surface area contributed by atoms with Crippen molar-refractivity contribution in [3.05, 3.63) is 64.2 Å². The molecule has 190 valence electrons. The number of rotatable bonds is 10. The molecule has 1 aliphatic heterocycles. The monoisotopic (exact) mass is 505 g/mol. The Hall–Kier alpha value is -3.18. The summed E-state index contributed by atoms with van der Waals surface area (Å²) in [6.07, 6.45) is 2.53. The Morgan fingerprint density at radius 2 is 1.89 bits per heavy atom. The van der Waals surface area contributed by atoms with Crippen molar-refractivity contribution < 1.29 is 27.6 Å². The Balaban J connectivity index is 1.95. The van der Waals surface area contributed by atoms with E-state index < -0.39 is 26.9 Å². The van der Waals surface area contributed by atoms with Crippen LogP contribution in [0.15, 0.2) is 48.5 Å². The Bertz CT molecular complexity index is 1150. The number of nitro groups is 1. The van der Waals surface area contributed by atoms with Crippen LogP contribution < -0.4 is 14.4 Å². The van der Waals surface area contributed by atoms with Crippen molar-refractivity contribution in [2.45, 2.75) is 37.6 Å². The zero-order chi connectivity index (χ0) is 25.6. The summed E-state index contributed by atoms with van der Waals surface area (Å²) in [7, 11) is -2.68. The van der Waals surface area contributed by atoms with Gasteiger partial charge in [0.05, 0.1) is 18.3 Å². The summed E-state index contributed by atoms with van der Waals surface area (Å²) in [5.74, 6) is -0.384. The van der Waals surface area contributed by atoms with Crippen LogP contribution in [0.2, 0.25) is 0 Å². The van der Waals surface area contributed by atoms with Gasteiger partial charge in [-0.1, -0.05) is 37.3 Å². The third kappa shape index (κ3) is 5.91. The summed E-state index contributed by atoms with van der Waals surface area (Å²) >= 11 is 0. The number of nitro benzene ring substituents is 1. The lowest BCUT2D eigenvalue weighted by Gasteiger charge is -2.39. The number of carbonyl (C=O) groups is 1. The molecule has 1 saturated heterocycles. The highest BCUT2D eigenvalue weighted by Gasteiger charge is 2.38. The van der Waals surface area contributed by atoms with Gasteiger partial charge in [0.1, 0.15) is 17.5 Å². The van der Waals surface area contributed by atoms with Crippen molar-refractivity contribution >= 4 is 27.3 Å². The van der Waals surface area contributed by atoms with Crippen LogP contribution in [0, 0.1) is 10.1 Å².